The minimum Gasteiger partial charge on any atom is -0.481 e. The first-order valence-electron chi connectivity index (χ1n) is 10.7. The summed E-state index contributed by atoms with van der Waals surface area (Å²) in [7, 11) is 0. The van der Waals surface area contributed by atoms with Crippen molar-refractivity contribution in [3.05, 3.63) is 0 Å². The third-order valence-corrected chi connectivity index (χ3v) is 4.66. The van der Waals surface area contributed by atoms with Crippen LogP contribution in [0.25, 0.3) is 0 Å². The van der Waals surface area contributed by atoms with Crippen LogP contribution in [0.3, 0.4) is 0 Å². The first-order chi connectivity index (χ1) is 14.9. The average Bonchev–Trinajstić information content (AvgIpc) is 2.69. The van der Waals surface area contributed by atoms with Gasteiger partial charge in [-0.05, 0) is 51.5 Å². The van der Waals surface area contributed by atoms with Crippen molar-refractivity contribution in [2.45, 2.75) is 83.5 Å². The summed E-state index contributed by atoms with van der Waals surface area (Å²) in [6.45, 7) is 5.45. The van der Waals surface area contributed by atoms with E-state index in [9.17, 15) is 29.1 Å². The van der Waals surface area contributed by atoms with Crippen LogP contribution in [-0.4, -0.2) is 70.6 Å². The van der Waals surface area contributed by atoms with Crippen molar-refractivity contribution in [2.24, 2.45) is 17.4 Å². The second-order valence-electron chi connectivity index (χ2n) is 8.14. The zero-order chi connectivity index (χ0) is 24.8. The normalized spacial score (nSPS) is 14.7. The molecule has 3 amide bonds. The van der Waals surface area contributed by atoms with E-state index in [-0.39, 0.29) is 31.6 Å². The van der Waals surface area contributed by atoms with Gasteiger partial charge in [-0.3, -0.25) is 19.2 Å². The highest BCUT2D eigenvalue weighted by atomic mass is 16.4. The van der Waals surface area contributed by atoms with E-state index in [1.165, 1.54) is 6.92 Å². The molecule has 0 spiro atoms. The maximum absolute atomic E-state index is 12.7. The first-order valence-corrected chi connectivity index (χ1v) is 10.7. The van der Waals surface area contributed by atoms with Gasteiger partial charge in [0.05, 0.1) is 6.04 Å². The second kappa shape index (κ2) is 15.1. The van der Waals surface area contributed by atoms with Crippen molar-refractivity contribution in [3.63, 3.8) is 0 Å². The van der Waals surface area contributed by atoms with Crippen molar-refractivity contribution in [1.82, 2.24) is 16.0 Å². The number of carboxylic acids is 2. The molecular weight excluding hydrogens is 422 g/mol. The molecule has 0 aromatic heterocycles. The van der Waals surface area contributed by atoms with Crippen molar-refractivity contribution < 1.29 is 34.2 Å². The molecule has 0 aliphatic carbocycles. The average molecular weight is 460 g/mol. The molecule has 0 saturated carbocycles. The lowest BCUT2D eigenvalue weighted by atomic mass is 10.0. The minimum atomic E-state index is -1.17. The van der Waals surface area contributed by atoms with E-state index >= 15 is 0 Å². The van der Waals surface area contributed by atoms with Gasteiger partial charge in [0.1, 0.15) is 18.1 Å². The summed E-state index contributed by atoms with van der Waals surface area (Å²) in [6, 6.07) is -4.25. The van der Waals surface area contributed by atoms with Crippen molar-refractivity contribution >= 4 is 29.7 Å². The molecule has 0 fully saturated rings. The molecule has 32 heavy (non-hydrogen) atoms. The van der Waals surface area contributed by atoms with E-state index < -0.39 is 53.8 Å². The minimum absolute atomic E-state index is 0.0299. The third-order valence-electron chi connectivity index (χ3n) is 4.66. The Morgan fingerprint density at radius 1 is 0.812 bits per heavy atom. The Hall–Kier alpha value is -2.73. The lowest BCUT2D eigenvalue weighted by Crippen LogP contribution is -2.56. The molecule has 184 valence electrons. The number of carboxylic acid groups (broad SMARTS) is 2. The number of amides is 3. The van der Waals surface area contributed by atoms with Crippen molar-refractivity contribution in [1.29, 1.82) is 0 Å². The monoisotopic (exact) mass is 459 g/mol. The first kappa shape index (κ1) is 29.3. The van der Waals surface area contributed by atoms with Crippen LogP contribution in [0.15, 0.2) is 0 Å². The Labute approximate surface area is 187 Å². The molecule has 0 aromatic rings. The number of carbonyl (C=O) groups excluding carboxylic acids is 3. The van der Waals surface area contributed by atoms with E-state index in [2.05, 4.69) is 16.0 Å². The predicted octanol–water partition coefficient (Wildman–Crippen LogP) is -1.09. The van der Waals surface area contributed by atoms with E-state index in [0.717, 1.165) is 0 Å². The molecular formula is C20H37N5O7. The molecule has 0 heterocycles. The third kappa shape index (κ3) is 12.2. The fourth-order valence-corrected chi connectivity index (χ4v) is 2.82. The smallest absolute Gasteiger partial charge is 0.326 e. The van der Waals surface area contributed by atoms with Crippen LogP contribution < -0.4 is 27.4 Å². The van der Waals surface area contributed by atoms with Crippen LogP contribution in [0.5, 0.6) is 0 Å². The predicted molar refractivity (Wildman–Crippen MR) is 116 cm³/mol. The summed E-state index contributed by atoms with van der Waals surface area (Å²) in [5, 5.41) is 25.4. The van der Waals surface area contributed by atoms with Gasteiger partial charge in [0, 0.05) is 6.42 Å². The molecule has 0 saturated heterocycles. The summed E-state index contributed by atoms with van der Waals surface area (Å²) < 4.78 is 0. The fraction of sp³-hybridized carbons (Fsp3) is 0.750. The van der Waals surface area contributed by atoms with Crippen LogP contribution in [0.4, 0.5) is 0 Å². The Morgan fingerprint density at radius 2 is 1.41 bits per heavy atom. The molecule has 0 aromatic carbocycles. The van der Waals surface area contributed by atoms with Crippen LogP contribution in [0.1, 0.15) is 59.3 Å². The number of hydrogen-bond donors (Lipinski definition) is 7. The van der Waals surface area contributed by atoms with Gasteiger partial charge in [0.2, 0.25) is 17.7 Å². The van der Waals surface area contributed by atoms with Gasteiger partial charge in [0.15, 0.2) is 0 Å². The molecule has 12 heteroatoms. The summed E-state index contributed by atoms with van der Waals surface area (Å²) in [5.74, 6) is -4.23. The van der Waals surface area contributed by atoms with Crippen LogP contribution >= 0.6 is 0 Å². The van der Waals surface area contributed by atoms with Crippen LogP contribution in [-0.2, 0) is 24.0 Å². The number of nitrogens with one attached hydrogen (secondary N) is 3. The Kier molecular flexibility index (Phi) is 13.8. The molecule has 0 rings (SSSR count). The summed E-state index contributed by atoms with van der Waals surface area (Å²) in [6.07, 6.45) is 1.22. The molecule has 4 unspecified atom stereocenters. The lowest BCUT2D eigenvalue weighted by Gasteiger charge is -2.24. The summed E-state index contributed by atoms with van der Waals surface area (Å²) in [4.78, 5) is 59.3. The van der Waals surface area contributed by atoms with Gasteiger partial charge in [-0.1, -0.05) is 13.8 Å². The number of aliphatic carboxylic acids is 2. The standard InChI is InChI=1S/C20H37N5O7/c1-11(2)10-15(20(31)32)25-19(30)14(6-4-5-9-21)24-17(28)12(3)23-18(29)13(22)7-8-16(26)27/h11-15H,4-10,21-22H2,1-3H3,(H,23,29)(H,24,28)(H,25,30)(H,26,27)(H,31,32). The Bertz CT molecular complexity index is 656. The molecule has 4 atom stereocenters. The Balaban J connectivity index is 5.08. The van der Waals surface area contributed by atoms with Gasteiger partial charge in [-0.2, -0.15) is 0 Å². The highest BCUT2D eigenvalue weighted by Gasteiger charge is 2.29. The summed E-state index contributed by atoms with van der Waals surface area (Å²) >= 11 is 0. The molecule has 12 nitrogen and oxygen atoms in total. The van der Waals surface area contributed by atoms with Crippen LogP contribution in [0.2, 0.25) is 0 Å². The number of hydrogen-bond acceptors (Lipinski definition) is 7. The second-order valence-corrected chi connectivity index (χ2v) is 8.14. The van der Waals surface area contributed by atoms with Gasteiger partial charge in [-0.15, -0.1) is 0 Å². The molecule has 9 N–H and O–H groups in total. The number of nitrogens with two attached hydrogens (primary N) is 2. The van der Waals surface area contributed by atoms with Crippen molar-refractivity contribution in [3.8, 4) is 0 Å². The highest BCUT2D eigenvalue weighted by molar-refractivity contribution is 5.93. The van der Waals surface area contributed by atoms with Gasteiger partial charge < -0.3 is 37.6 Å². The molecule has 0 bridgehead atoms. The van der Waals surface area contributed by atoms with E-state index in [0.29, 0.717) is 19.4 Å². The summed E-state index contributed by atoms with van der Waals surface area (Å²) in [5.41, 5.74) is 11.1. The zero-order valence-electron chi connectivity index (χ0n) is 18.9. The fourth-order valence-electron chi connectivity index (χ4n) is 2.82. The highest BCUT2D eigenvalue weighted by Crippen LogP contribution is 2.07. The quantitative estimate of drug-likeness (QED) is 0.139. The van der Waals surface area contributed by atoms with Crippen LogP contribution in [0, 0.1) is 5.92 Å². The van der Waals surface area contributed by atoms with Gasteiger partial charge in [-0.25, -0.2) is 4.79 Å². The molecule has 0 aliphatic heterocycles. The lowest BCUT2D eigenvalue weighted by molar-refractivity contribution is -0.143. The van der Waals surface area contributed by atoms with E-state index in [1.54, 1.807) is 0 Å². The topological polar surface area (TPSA) is 214 Å². The molecule has 0 radical (unpaired) electrons. The van der Waals surface area contributed by atoms with Gasteiger partial charge in [0.25, 0.3) is 0 Å². The Morgan fingerprint density at radius 3 is 1.91 bits per heavy atom. The van der Waals surface area contributed by atoms with Crippen molar-refractivity contribution in [2.75, 3.05) is 6.54 Å². The van der Waals surface area contributed by atoms with E-state index in [1.807, 2.05) is 13.8 Å². The molecule has 0 aliphatic rings. The SMILES string of the molecule is CC(C)CC(NC(=O)C(CCCCN)NC(=O)C(C)NC(=O)C(N)CCC(=O)O)C(=O)O. The number of unbranched alkanes of at least 4 members (excludes halogenated alkanes) is 1. The number of carbonyl (C=O) groups is 5. The zero-order valence-corrected chi connectivity index (χ0v) is 18.9. The maximum Gasteiger partial charge on any atom is 0.326 e. The maximum atomic E-state index is 12.7. The largest absolute Gasteiger partial charge is 0.481 e. The van der Waals surface area contributed by atoms with E-state index in [4.69, 9.17) is 16.6 Å². The number of rotatable bonds is 16. The van der Waals surface area contributed by atoms with Gasteiger partial charge >= 0.3 is 11.9 Å².